The van der Waals surface area contributed by atoms with Gasteiger partial charge in [-0.2, -0.15) is 0 Å². The summed E-state index contributed by atoms with van der Waals surface area (Å²) in [7, 11) is 0. The monoisotopic (exact) mass is 220 g/mol. The molecule has 0 saturated heterocycles. The first-order chi connectivity index (χ1) is 7.22. The number of rotatable bonds is 4. The van der Waals surface area contributed by atoms with Crippen LogP contribution in [0.25, 0.3) is 0 Å². The Morgan fingerprint density at radius 2 is 2.00 bits per heavy atom. The highest BCUT2D eigenvalue weighted by atomic mass is 16.1. The molecule has 3 nitrogen and oxygen atoms in total. The van der Waals surface area contributed by atoms with Gasteiger partial charge in [0.2, 0.25) is 0 Å². The fraction of sp³-hybridized carbons (Fsp3) is 0.538. The van der Waals surface area contributed by atoms with Crippen LogP contribution in [0.5, 0.6) is 0 Å². The highest BCUT2D eigenvalue weighted by molar-refractivity contribution is 5.99. The number of aromatic nitrogens is 1. The third kappa shape index (κ3) is 3.42. The average molecular weight is 220 g/mol. The smallest absolute Gasteiger partial charge is 0.170 e. The maximum atomic E-state index is 12.2. The molecule has 1 rings (SSSR count). The number of Topliss-reactive ketones (excluding diaryl/α,β-unsaturated/α-hetero) is 1. The molecule has 0 aliphatic carbocycles. The van der Waals surface area contributed by atoms with E-state index in [2.05, 4.69) is 4.98 Å². The minimum absolute atomic E-state index is 0.0964. The van der Waals surface area contributed by atoms with E-state index in [9.17, 15) is 4.79 Å². The summed E-state index contributed by atoms with van der Waals surface area (Å²) in [4.78, 5) is 16.2. The minimum Gasteiger partial charge on any atom is -0.326 e. The summed E-state index contributed by atoms with van der Waals surface area (Å²) in [6.45, 7) is 7.73. The van der Waals surface area contributed by atoms with Crippen molar-refractivity contribution in [3.63, 3.8) is 0 Å². The minimum atomic E-state index is -0.457. The number of carbonyl (C=O) groups excluding carboxylic acids is 1. The van der Waals surface area contributed by atoms with Crippen molar-refractivity contribution in [1.29, 1.82) is 0 Å². The van der Waals surface area contributed by atoms with Crippen molar-refractivity contribution in [3.05, 3.63) is 30.1 Å². The van der Waals surface area contributed by atoms with E-state index in [1.54, 1.807) is 24.5 Å². The summed E-state index contributed by atoms with van der Waals surface area (Å²) >= 11 is 0. The number of nitrogens with zero attached hydrogens (tertiary/aromatic N) is 1. The van der Waals surface area contributed by atoms with E-state index in [1.807, 2.05) is 27.7 Å². The van der Waals surface area contributed by atoms with Gasteiger partial charge in [0, 0.05) is 28.9 Å². The number of carbonyl (C=O) groups is 1. The number of hydrogen-bond donors (Lipinski definition) is 1. The molecule has 2 N–H and O–H groups in total. The molecule has 0 spiro atoms. The molecule has 0 amide bonds. The van der Waals surface area contributed by atoms with E-state index in [0.29, 0.717) is 12.0 Å². The SMILES string of the molecule is CC(C)(N)CC(C)(C)C(=O)c1cccnc1. The highest BCUT2D eigenvalue weighted by Gasteiger charge is 2.33. The molecule has 0 unspecified atom stereocenters. The number of ketones is 1. The maximum Gasteiger partial charge on any atom is 0.170 e. The quantitative estimate of drug-likeness (QED) is 0.793. The van der Waals surface area contributed by atoms with E-state index in [-0.39, 0.29) is 11.3 Å². The molecule has 16 heavy (non-hydrogen) atoms. The number of hydrogen-bond acceptors (Lipinski definition) is 3. The lowest BCUT2D eigenvalue weighted by atomic mass is 9.75. The second-order valence-electron chi connectivity index (χ2n) is 5.62. The molecule has 0 fully saturated rings. The van der Waals surface area contributed by atoms with Crippen molar-refractivity contribution in [2.24, 2.45) is 11.1 Å². The van der Waals surface area contributed by atoms with E-state index in [0.717, 1.165) is 0 Å². The zero-order chi connectivity index (χ0) is 12.4. The van der Waals surface area contributed by atoms with Crippen LogP contribution in [0.1, 0.15) is 44.5 Å². The van der Waals surface area contributed by atoms with Gasteiger partial charge < -0.3 is 5.73 Å². The molecule has 0 radical (unpaired) electrons. The molecule has 1 aromatic heterocycles. The molecular formula is C13H20N2O. The van der Waals surface area contributed by atoms with Crippen LogP contribution in [-0.4, -0.2) is 16.3 Å². The Bertz CT molecular complexity index is 363. The van der Waals surface area contributed by atoms with E-state index >= 15 is 0 Å². The van der Waals surface area contributed by atoms with E-state index in [1.165, 1.54) is 0 Å². The van der Waals surface area contributed by atoms with Crippen LogP contribution >= 0.6 is 0 Å². The Hall–Kier alpha value is -1.22. The summed E-state index contributed by atoms with van der Waals surface area (Å²) < 4.78 is 0. The molecule has 0 saturated carbocycles. The van der Waals surface area contributed by atoms with Crippen LogP contribution in [0.2, 0.25) is 0 Å². The molecule has 1 aromatic rings. The van der Waals surface area contributed by atoms with Crippen LogP contribution in [-0.2, 0) is 0 Å². The molecule has 0 aliphatic heterocycles. The summed E-state index contributed by atoms with van der Waals surface area (Å²) in [5.41, 5.74) is 5.82. The summed E-state index contributed by atoms with van der Waals surface area (Å²) in [5, 5.41) is 0. The third-order valence-electron chi connectivity index (χ3n) is 2.44. The largest absolute Gasteiger partial charge is 0.326 e. The predicted molar refractivity (Wildman–Crippen MR) is 65.2 cm³/mol. The molecular weight excluding hydrogens is 200 g/mol. The Kier molecular flexibility index (Phi) is 3.48. The zero-order valence-electron chi connectivity index (χ0n) is 10.4. The van der Waals surface area contributed by atoms with Crippen molar-refractivity contribution < 1.29 is 4.79 Å². The van der Waals surface area contributed by atoms with Gasteiger partial charge in [0.05, 0.1) is 0 Å². The standard InChI is InChI=1S/C13H20N2O/c1-12(2,9-13(3,4)14)11(16)10-6-5-7-15-8-10/h5-8H,9,14H2,1-4H3. The fourth-order valence-corrected chi connectivity index (χ4v) is 2.11. The first-order valence-electron chi connectivity index (χ1n) is 5.46. The lowest BCUT2D eigenvalue weighted by molar-refractivity contribution is 0.0797. The van der Waals surface area contributed by atoms with Gasteiger partial charge in [-0.25, -0.2) is 0 Å². The lowest BCUT2D eigenvalue weighted by Gasteiger charge is -2.30. The molecule has 0 atom stereocenters. The van der Waals surface area contributed by atoms with Gasteiger partial charge in [-0.1, -0.05) is 13.8 Å². The Morgan fingerprint density at radius 1 is 1.38 bits per heavy atom. The van der Waals surface area contributed by atoms with Gasteiger partial charge in [-0.15, -0.1) is 0 Å². The fourth-order valence-electron chi connectivity index (χ4n) is 2.11. The van der Waals surface area contributed by atoms with Gasteiger partial charge in [0.25, 0.3) is 0 Å². The van der Waals surface area contributed by atoms with Crippen LogP contribution in [0.4, 0.5) is 0 Å². The van der Waals surface area contributed by atoms with Gasteiger partial charge in [0.1, 0.15) is 0 Å². The van der Waals surface area contributed by atoms with Gasteiger partial charge in [0.15, 0.2) is 5.78 Å². The van der Waals surface area contributed by atoms with Gasteiger partial charge >= 0.3 is 0 Å². The Balaban J connectivity index is 2.89. The maximum absolute atomic E-state index is 12.2. The average Bonchev–Trinajstić information content (AvgIpc) is 2.14. The van der Waals surface area contributed by atoms with Crippen molar-refractivity contribution in [2.45, 2.75) is 39.7 Å². The first-order valence-corrected chi connectivity index (χ1v) is 5.46. The lowest BCUT2D eigenvalue weighted by Crippen LogP contribution is -2.40. The zero-order valence-corrected chi connectivity index (χ0v) is 10.4. The summed E-state index contributed by atoms with van der Waals surface area (Å²) in [5.74, 6) is 0.0964. The molecule has 88 valence electrons. The van der Waals surface area contributed by atoms with Crippen molar-refractivity contribution in [1.82, 2.24) is 4.98 Å². The van der Waals surface area contributed by atoms with E-state index in [4.69, 9.17) is 5.73 Å². The van der Waals surface area contributed by atoms with Crippen LogP contribution < -0.4 is 5.73 Å². The third-order valence-corrected chi connectivity index (χ3v) is 2.44. The topological polar surface area (TPSA) is 56.0 Å². The highest BCUT2D eigenvalue weighted by Crippen LogP contribution is 2.30. The van der Waals surface area contributed by atoms with Crippen LogP contribution in [0.3, 0.4) is 0 Å². The first kappa shape index (κ1) is 12.8. The number of pyridine rings is 1. The molecule has 1 heterocycles. The van der Waals surface area contributed by atoms with Crippen LogP contribution in [0.15, 0.2) is 24.5 Å². The second kappa shape index (κ2) is 4.34. The van der Waals surface area contributed by atoms with Gasteiger partial charge in [-0.05, 0) is 32.4 Å². The van der Waals surface area contributed by atoms with Crippen molar-refractivity contribution in [2.75, 3.05) is 0 Å². The molecule has 0 aromatic carbocycles. The number of nitrogens with two attached hydrogens (primary N) is 1. The Morgan fingerprint density at radius 3 is 2.44 bits per heavy atom. The molecule has 0 bridgehead atoms. The van der Waals surface area contributed by atoms with E-state index < -0.39 is 5.41 Å². The second-order valence-corrected chi connectivity index (χ2v) is 5.62. The van der Waals surface area contributed by atoms with Gasteiger partial charge in [-0.3, -0.25) is 9.78 Å². The summed E-state index contributed by atoms with van der Waals surface area (Å²) in [6.07, 6.45) is 3.91. The van der Waals surface area contributed by atoms with Crippen LogP contribution in [0, 0.1) is 5.41 Å². The normalized spacial score (nSPS) is 12.6. The molecule has 3 heteroatoms. The summed E-state index contributed by atoms with van der Waals surface area (Å²) in [6, 6.07) is 3.57. The van der Waals surface area contributed by atoms with Crippen molar-refractivity contribution >= 4 is 5.78 Å². The Labute approximate surface area is 97.1 Å². The molecule has 0 aliphatic rings. The predicted octanol–water partition coefficient (Wildman–Crippen LogP) is 2.42. The van der Waals surface area contributed by atoms with Crippen molar-refractivity contribution in [3.8, 4) is 0 Å².